The lowest BCUT2D eigenvalue weighted by molar-refractivity contribution is -0.892. The van der Waals surface area contributed by atoms with E-state index >= 15 is 0 Å². The first kappa shape index (κ1) is 18.9. The Balaban J connectivity index is 1.54. The van der Waals surface area contributed by atoms with Crippen LogP contribution in [0.25, 0.3) is 0 Å². The van der Waals surface area contributed by atoms with Crippen molar-refractivity contribution in [1.82, 2.24) is 0 Å². The van der Waals surface area contributed by atoms with Gasteiger partial charge in [-0.1, -0.05) is 11.6 Å². The lowest BCUT2D eigenvalue weighted by Gasteiger charge is -2.33. The number of halogens is 1. The Kier molecular flexibility index (Phi) is 5.78. The number of hydrogen-bond acceptors (Lipinski definition) is 5. The Hall–Kier alpha value is -2.84. The molecule has 1 saturated heterocycles. The Bertz CT molecular complexity index is 836. The van der Waals surface area contributed by atoms with E-state index in [0.717, 1.165) is 36.8 Å². The number of nitrogens with one attached hydrogen (secondary N) is 2. The highest BCUT2D eigenvalue weighted by Crippen LogP contribution is 2.27. The number of nitro groups is 1. The second-order valence-electron chi connectivity index (χ2n) is 6.40. The molecule has 1 heterocycles. The number of piperazine rings is 1. The fourth-order valence-corrected chi connectivity index (χ4v) is 3.27. The van der Waals surface area contributed by atoms with Crippen molar-refractivity contribution in [2.45, 2.75) is 0 Å². The van der Waals surface area contributed by atoms with Gasteiger partial charge < -0.3 is 20.2 Å². The molecular weight excluding hydrogens is 372 g/mol. The van der Waals surface area contributed by atoms with Crippen LogP contribution in [0.4, 0.5) is 17.1 Å². The van der Waals surface area contributed by atoms with Crippen molar-refractivity contribution in [1.29, 1.82) is 0 Å². The number of nitrogens with zero attached hydrogens (tertiary/aromatic N) is 2. The molecule has 0 aromatic heterocycles. The van der Waals surface area contributed by atoms with E-state index < -0.39 is 4.92 Å². The number of phenolic OH excluding ortho intramolecular Hbond substituents is 1. The van der Waals surface area contributed by atoms with E-state index in [9.17, 15) is 20.0 Å². The summed E-state index contributed by atoms with van der Waals surface area (Å²) in [5.74, 6) is -0.0375. The van der Waals surface area contributed by atoms with Crippen LogP contribution in [0.3, 0.4) is 0 Å². The third kappa shape index (κ3) is 4.87. The molecule has 1 aliphatic rings. The fourth-order valence-electron chi connectivity index (χ4n) is 3.10. The molecule has 3 rings (SSSR count). The van der Waals surface area contributed by atoms with Gasteiger partial charge in [0.25, 0.3) is 11.6 Å². The highest BCUT2D eigenvalue weighted by molar-refractivity contribution is 6.31. The molecule has 8 nitrogen and oxygen atoms in total. The topological polar surface area (TPSA) is 100 Å². The van der Waals surface area contributed by atoms with Crippen LogP contribution in [-0.2, 0) is 4.79 Å². The van der Waals surface area contributed by atoms with Gasteiger partial charge in [0, 0.05) is 16.8 Å². The number of carbonyl (C=O) groups excluding carboxylic acids is 1. The van der Waals surface area contributed by atoms with Crippen LogP contribution < -0.4 is 15.1 Å². The summed E-state index contributed by atoms with van der Waals surface area (Å²) < 4.78 is 0. The van der Waals surface area contributed by atoms with Crippen molar-refractivity contribution in [3.05, 3.63) is 57.6 Å². The fraction of sp³-hybridized carbons (Fsp3) is 0.278. The molecule has 1 amide bonds. The second-order valence-corrected chi connectivity index (χ2v) is 6.83. The summed E-state index contributed by atoms with van der Waals surface area (Å²) in [4.78, 5) is 26.2. The highest BCUT2D eigenvalue weighted by atomic mass is 35.5. The number of nitro benzene ring substituents is 1. The maximum Gasteiger partial charge on any atom is 0.294 e. The predicted molar refractivity (Wildman–Crippen MR) is 103 cm³/mol. The van der Waals surface area contributed by atoms with E-state index in [1.54, 1.807) is 12.1 Å². The number of quaternary nitrogens is 1. The monoisotopic (exact) mass is 391 g/mol. The van der Waals surface area contributed by atoms with Gasteiger partial charge in [-0.05, 0) is 36.4 Å². The normalized spacial score (nSPS) is 14.8. The third-order valence-electron chi connectivity index (χ3n) is 4.53. The van der Waals surface area contributed by atoms with Crippen LogP contribution in [0.1, 0.15) is 0 Å². The standard InChI is InChI=1S/C18H19ClN4O4/c19-13-1-6-16(17(11-13)23(26)27)20-18(25)12-21-7-9-22(10-8-21)14-2-4-15(24)5-3-14/h1-6,11,24H,7-10,12H2,(H,20,25)/p+1. The SMILES string of the molecule is O=C(C[NH+]1CCN(c2ccc(O)cc2)CC1)Nc1ccc(Cl)cc1[N+](=O)[O-]. The van der Waals surface area contributed by atoms with Crippen molar-refractivity contribution in [2.75, 3.05) is 42.9 Å². The molecule has 2 aromatic carbocycles. The lowest BCUT2D eigenvalue weighted by Crippen LogP contribution is -3.15. The molecule has 2 aromatic rings. The second kappa shape index (κ2) is 8.24. The average molecular weight is 392 g/mol. The van der Waals surface area contributed by atoms with Gasteiger partial charge in [0.1, 0.15) is 11.4 Å². The van der Waals surface area contributed by atoms with E-state index in [1.165, 1.54) is 18.2 Å². The van der Waals surface area contributed by atoms with Gasteiger partial charge >= 0.3 is 0 Å². The molecule has 27 heavy (non-hydrogen) atoms. The minimum absolute atomic E-state index is 0.150. The number of phenols is 1. The summed E-state index contributed by atoms with van der Waals surface area (Å²) >= 11 is 5.79. The largest absolute Gasteiger partial charge is 0.508 e. The number of carbonyl (C=O) groups is 1. The zero-order valence-corrected chi connectivity index (χ0v) is 15.3. The van der Waals surface area contributed by atoms with Crippen LogP contribution >= 0.6 is 11.6 Å². The zero-order chi connectivity index (χ0) is 19.4. The maximum atomic E-state index is 12.3. The third-order valence-corrected chi connectivity index (χ3v) is 4.76. The Morgan fingerprint density at radius 2 is 1.89 bits per heavy atom. The van der Waals surface area contributed by atoms with E-state index in [4.69, 9.17) is 11.6 Å². The van der Waals surface area contributed by atoms with E-state index in [0.29, 0.717) is 0 Å². The molecule has 0 saturated carbocycles. The number of hydrogen-bond donors (Lipinski definition) is 3. The molecular formula is C18H20ClN4O4+. The Morgan fingerprint density at radius 1 is 1.22 bits per heavy atom. The van der Waals surface area contributed by atoms with Gasteiger partial charge in [-0.3, -0.25) is 14.9 Å². The van der Waals surface area contributed by atoms with Crippen molar-refractivity contribution >= 4 is 34.6 Å². The molecule has 9 heteroatoms. The van der Waals surface area contributed by atoms with Crippen LogP contribution in [0.15, 0.2) is 42.5 Å². The first-order valence-corrected chi connectivity index (χ1v) is 8.91. The number of aromatic hydroxyl groups is 1. The smallest absolute Gasteiger partial charge is 0.294 e. The summed E-state index contributed by atoms with van der Waals surface area (Å²) in [6.45, 7) is 3.36. The number of benzene rings is 2. The average Bonchev–Trinajstić information content (AvgIpc) is 2.64. The molecule has 1 fully saturated rings. The summed E-state index contributed by atoms with van der Waals surface area (Å²) in [6, 6.07) is 11.2. The van der Waals surface area contributed by atoms with Crippen LogP contribution in [0.5, 0.6) is 5.75 Å². The molecule has 0 unspecified atom stereocenters. The summed E-state index contributed by atoms with van der Waals surface area (Å²) in [5, 5.41) is 23.3. The number of amides is 1. The highest BCUT2D eigenvalue weighted by Gasteiger charge is 2.24. The lowest BCUT2D eigenvalue weighted by atomic mass is 10.2. The number of anilines is 2. The van der Waals surface area contributed by atoms with Crippen molar-refractivity contribution in [2.24, 2.45) is 0 Å². The molecule has 142 valence electrons. The number of rotatable bonds is 5. The van der Waals surface area contributed by atoms with Crippen LogP contribution in [-0.4, -0.2) is 48.7 Å². The first-order valence-electron chi connectivity index (χ1n) is 8.54. The summed E-state index contributed by atoms with van der Waals surface area (Å²) in [6.07, 6.45) is 0. The molecule has 0 spiro atoms. The quantitative estimate of drug-likeness (QED) is 0.527. The first-order chi connectivity index (χ1) is 12.9. The van der Waals surface area contributed by atoms with Gasteiger partial charge in [-0.25, -0.2) is 0 Å². The van der Waals surface area contributed by atoms with Crippen molar-refractivity contribution < 1.29 is 19.7 Å². The van der Waals surface area contributed by atoms with Gasteiger partial charge in [0.15, 0.2) is 6.54 Å². The molecule has 1 aliphatic heterocycles. The van der Waals surface area contributed by atoms with Gasteiger partial charge in [0.05, 0.1) is 31.1 Å². The maximum absolute atomic E-state index is 12.3. The van der Waals surface area contributed by atoms with Crippen molar-refractivity contribution in [3.8, 4) is 5.75 Å². The van der Waals surface area contributed by atoms with Gasteiger partial charge in [-0.2, -0.15) is 0 Å². The summed E-state index contributed by atoms with van der Waals surface area (Å²) in [7, 11) is 0. The summed E-state index contributed by atoms with van der Waals surface area (Å²) in [5.41, 5.74) is 0.965. The van der Waals surface area contributed by atoms with Gasteiger partial charge in [-0.15, -0.1) is 0 Å². The van der Waals surface area contributed by atoms with Crippen molar-refractivity contribution in [3.63, 3.8) is 0 Å². The molecule has 0 atom stereocenters. The minimum Gasteiger partial charge on any atom is -0.508 e. The molecule has 0 radical (unpaired) electrons. The molecule has 0 aliphatic carbocycles. The van der Waals surface area contributed by atoms with Crippen LogP contribution in [0, 0.1) is 10.1 Å². The zero-order valence-electron chi connectivity index (χ0n) is 14.5. The Morgan fingerprint density at radius 3 is 2.52 bits per heavy atom. The van der Waals surface area contributed by atoms with E-state index in [2.05, 4.69) is 10.2 Å². The Labute approximate surface area is 161 Å². The van der Waals surface area contributed by atoms with Crippen LogP contribution in [0.2, 0.25) is 5.02 Å². The van der Waals surface area contributed by atoms with E-state index in [-0.39, 0.29) is 34.6 Å². The molecule has 0 bridgehead atoms. The predicted octanol–water partition coefficient (Wildman–Crippen LogP) is 1.30. The molecule has 3 N–H and O–H groups in total. The van der Waals surface area contributed by atoms with E-state index in [1.807, 2.05) is 12.1 Å². The minimum atomic E-state index is -0.565. The van der Waals surface area contributed by atoms with Gasteiger partial charge in [0.2, 0.25) is 0 Å².